The van der Waals surface area contributed by atoms with E-state index in [0.29, 0.717) is 5.02 Å². The second-order valence-corrected chi connectivity index (χ2v) is 7.35. The van der Waals surface area contributed by atoms with E-state index in [4.69, 9.17) is 22.4 Å². The first-order valence-corrected chi connectivity index (χ1v) is 9.64. The summed E-state index contributed by atoms with van der Waals surface area (Å²) in [6.45, 7) is 0. The van der Waals surface area contributed by atoms with Crippen LogP contribution in [0.15, 0.2) is 54.6 Å². The number of amides is 1. The monoisotopic (exact) mass is 392 g/mol. The maximum Gasteiger partial charge on any atom is 0.238 e. The molecule has 1 heterocycles. The van der Waals surface area contributed by atoms with Crippen molar-refractivity contribution < 1.29 is 4.79 Å². The summed E-state index contributed by atoms with van der Waals surface area (Å²) in [6.07, 6.45) is 3.39. The molecule has 0 atom stereocenters. The number of hydrogen-bond donors (Lipinski definition) is 3. The summed E-state index contributed by atoms with van der Waals surface area (Å²) >= 11 is 6.16. The highest BCUT2D eigenvalue weighted by atomic mass is 35.5. The maximum absolute atomic E-state index is 11.4. The number of nitrogens with two attached hydrogens (primary N) is 1. The number of aryl methyl sites for hydroxylation is 1. The molecule has 1 amide bonds. The highest BCUT2D eigenvalue weighted by Gasteiger charge is 2.19. The lowest BCUT2D eigenvalue weighted by Crippen LogP contribution is -2.31. The number of hydrazine groups is 1. The van der Waals surface area contributed by atoms with E-state index in [2.05, 4.69) is 16.8 Å². The Bertz CT molecular complexity index is 1020. The summed E-state index contributed by atoms with van der Waals surface area (Å²) in [6, 6.07) is 17.7. The van der Waals surface area contributed by atoms with Gasteiger partial charge in [0.2, 0.25) is 5.91 Å². The van der Waals surface area contributed by atoms with Crippen LogP contribution in [0.4, 0.5) is 11.4 Å². The van der Waals surface area contributed by atoms with Crippen molar-refractivity contribution in [3.05, 3.63) is 76.4 Å². The number of anilines is 2. The van der Waals surface area contributed by atoms with Gasteiger partial charge in [0.05, 0.1) is 12.1 Å². The van der Waals surface area contributed by atoms with Crippen LogP contribution in [0.1, 0.15) is 23.2 Å². The van der Waals surface area contributed by atoms with Crippen molar-refractivity contribution in [1.82, 2.24) is 10.4 Å². The predicted octanol–water partition coefficient (Wildman–Crippen LogP) is 4.17. The van der Waals surface area contributed by atoms with Crippen molar-refractivity contribution in [2.24, 2.45) is 5.84 Å². The minimum atomic E-state index is -0.209. The largest absolute Gasteiger partial charge is 0.355 e. The van der Waals surface area contributed by atoms with Crippen molar-refractivity contribution >= 4 is 28.9 Å². The predicted molar refractivity (Wildman–Crippen MR) is 112 cm³/mol. The lowest BCUT2D eigenvalue weighted by atomic mass is 10.1. The Hall–Kier alpha value is -2.89. The number of carbonyl (C=O) groups excluding carboxylic acids is 1. The summed E-state index contributed by atoms with van der Waals surface area (Å²) in [7, 11) is 0. The fourth-order valence-corrected chi connectivity index (χ4v) is 3.74. The molecule has 0 aliphatic heterocycles. The standard InChI is InChI=1S/C22H21ClN4O/c23-16-4-1-3-15(12-16)20-13-21(18-5-2-6-19(18)26-20)25-17-9-7-14(8-10-17)11-22(28)27-24/h1,3-4,7-10,12-13H,2,5-6,11,24H2,(H,25,26)(H,27,28). The third-order valence-electron chi connectivity index (χ3n) is 4.93. The average Bonchev–Trinajstić information content (AvgIpc) is 3.18. The van der Waals surface area contributed by atoms with Crippen LogP contribution >= 0.6 is 11.6 Å². The normalized spacial score (nSPS) is 12.5. The zero-order valence-corrected chi connectivity index (χ0v) is 16.1. The second kappa shape index (κ2) is 8.00. The van der Waals surface area contributed by atoms with Gasteiger partial charge in [-0.15, -0.1) is 0 Å². The SMILES string of the molecule is NNC(=O)Cc1ccc(Nc2cc(-c3cccc(Cl)c3)nc3c2CCC3)cc1. The van der Waals surface area contributed by atoms with Crippen LogP contribution in [0.25, 0.3) is 11.3 Å². The summed E-state index contributed by atoms with van der Waals surface area (Å²) < 4.78 is 0. The number of hydrogen-bond acceptors (Lipinski definition) is 4. The number of aromatic nitrogens is 1. The highest BCUT2D eigenvalue weighted by molar-refractivity contribution is 6.30. The van der Waals surface area contributed by atoms with E-state index in [9.17, 15) is 4.79 Å². The van der Waals surface area contributed by atoms with Crippen LogP contribution in [0.5, 0.6) is 0 Å². The van der Waals surface area contributed by atoms with Crippen LogP contribution in [0.3, 0.4) is 0 Å². The molecule has 4 N–H and O–H groups in total. The molecule has 3 aromatic rings. The summed E-state index contributed by atoms with van der Waals surface area (Å²) in [5.41, 5.74) is 9.45. The Morgan fingerprint density at radius 3 is 2.68 bits per heavy atom. The number of fused-ring (bicyclic) bond motifs is 1. The molecule has 0 radical (unpaired) electrons. The molecule has 0 saturated carbocycles. The van der Waals surface area contributed by atoms with Gasteiger partial charge >= 0.3 is 0 Å². The lowest BCUT2D eigenvalue weighted by molar-refractivity contribution is -0.120. The van der Waals surface area contributed by atoms with Crippen molar-refractivity contribution in [3.8, 4) is 11.3 Å². The molecule has 0 unspecified atom stereocenters. The Morgan fingerprint density at radius 2 is 1.93 bits per heavy atom. The summed E-state index contributed by atoms with van der Waals surface area (Å²) in [5.74, 6) is 4.94. The molecule has 1 aromatic heterocycles. The van der Waals surface area contributed by atoms with E-state index in [1.807, 2.05) is 48.5 Å². The van der Waals surface area contributed by atoms with Crippen molar-refractivity contribution in [3.63, 3.8) is 0 Å². The molecular formula is C22H21ClN4O. The number of halogens is 1. The zero-order valence-electron chi connectivity index (χ0n) is 15.3. The van der Waals surface area contributed by atoms with Gasteiger partial charge < -0.3 is 5.32 Å². The average molecular weight is 393 g/mol. The number of rotatable bonds is 5. The topological polar surface area (TPSA) is 80.0 Å². The van der Waals surface area contributed by atoms with E-state index in [1.165, 1.54) is 5.56 Å². The van der Waals surface area contributed by atoms with Gasteiger partial charge in [0.15, 0.2) is 0 Å². The van der Waals surface area contributed by atoms with Gasteiger partial charge in [-0.1, -0.05) is 35.9 Å². The molecule has 0 fully saturated rings. The Labute approximate surface area is 168 Å². The van der Waals surface area contributed by atoms with E-state index < -0.39 is 0 Å². The minimum absolute atomic E-state index is 0.209. The van der Waals surface area contributed by atoms with Gasteiger partial charge in [-0.3, -0.25) is 15.2 Å². The van der Waals surface area contributed by atoms with Crippen molar-refractivity contribution in [1.29, 1.82) is 0 Å². The van der Waals surface area contributed by atoms with Crippen LogP contribution < -0.4 is 16.6 Å². The molecule has 2 aromatic carbocycles. The fraction of sp³-hybridized carbons (Fsp3) is 0.182. The molecule has 1 aliphatic rings. The summed E-state index contributed by atoms with van der Waals surface area (Å²) in [4.78, 5) is 16.3. The number of nitrogens with one attached hydrogen (secondary N) is 2. The number of nitrogens with zero attached hydrogens (tertiary/aromatic N) is 1. The van der Waals surface area contributed by atoms with Gasteiger partial charge in [-0.2, -0.15) is 0 Å². The number of benzene rings is 2. The van der Waals surface area contributed by atoms with Crippen molar-refractivity contribution in [2.45, 2.75) is 25.7 Å². The van der Waals surface area contributed by atoms with Gasteiger partial charge in [0.1, 0.15) is 0 Å². The molecule has 0 bridgehead atoms. The van der Waals surface area contributed by atoms with Gasteiger partial charge in [0, 0.05) is 27.7 Å². The zero-order chi connectivity index (χ0) is 19.5. The second-order valence-electron chi connectivity index (χ2n) is 6.91. The maximum atomic E-state index is 11.4. The first kappa shape index (κ1) is 18.5. The highest BCUT2D eigenvalue weighted by Crippen LogP contribution is 2.34. The third kappa shape index (κ3) is 4.01. The van der Waals surface area contributed by atoms with Gasteiger partial charge in [-0.05, 0) is 60.7 Å². The van der Waals surface area contributed by atoms with E-state index in [0.717, 1.165) is 53.2 Å². The third-order valence-corrected chi connectivity index (χ3v) is 5.16. The van der Waals surface area contributed by atoms with Gasteiger partial charge in [-0.25, -0.2) is 5.84 Å². The smallest absolute Gasteiger partial charge is 0.238 e. The quantitative estimate of drug-likeness (QED) is 0.346. The molecule has 5 nitrogen and oxygen atoms in total. The first-order valence-electron chi connectivity index (χ1n) is 9.26. The first-order chi connectivity index (χ1) is 13.6. The molecule has 142 valence electrons. The van der Waals surface area contributed by atoms with E-state index in [-0.39, 0.29) is 12.3 Å². The summed E-state index contributed by atoms with van der Waals surface area (Å²) in [5, 5.41) is 4.23. The van der Waals surface area contributed by atoms with Crippen LogP contribution in [-0.2, 0) is 24.1 Å². The van der Waals surface area contributed by atoms with Crippen molar-refractivity contribution in [2.75, 3.05) is 5.32 Å². The fourth-order valence-electron chi connectivity index (χ4n) is 3.55. The molecule has 0 spiro atoms. The Morgan fingerprint density at radius 1 is 1.11 bits per heavy atom. The van der Waals surface area contributed by atoms with Crippen LogP contribution in [-0.4, -0.2) is 10.9 Å². The number of pyridine rings is 1. The molecule has 1 aliphatic carbocycles. The minimum Gasteiger partial charge on any atom is -0.355 e. The lowest BCUT2D eigenvalue weighted by Gasteiger charge is -2.14. The Balaban J connectivity index is 1.63. The van der Waals surface area contributed by atoms with Gasteiger partial charge in [0.25, 0.3) is 0 Å². The molecule has 28 heavy (non-hydrogen) atoms. The van der Waals surface area contributed by atoms with Crippen LogP contribution in [0.2, 0.25) is 5.02 Å². The molecular weight excluding hydrogens is 372 g/mol. The molecule has 0 saturated heterocycles. The Kier molecular flexibility index (Phi) is 5.28. The number of carbonyl (C=O) groups is 1. The molecule has 4 rings (SSSR count). The van der Waals surface area contributed by atoms with E-state index in [1.54, 1.807) is 0 Å². The van der Waals surface area contributed by atoms with E-state index >= 15 is 0 Å². The molecule has 6 heteroatoms. The van der Waals surface area contributed by atoms with Crippen LogP contribution in [0, 0.1) is 0 Å².